The first-order valence-electron chi connectivity index (χ1n) is 6.09. The Bertz CT molecular complexity index is 662. The summed E-state index contributed by atoms with van der Waals surface area (Å²) in [6.45, 7) is 2.14. The Balaban J connectivity index is 2.16. The summed E-state index contributed by atoms with van der Waals surface area (Å²) < 4.78 is 23.8. The molecule has 4 heteroatoms. The molecule has 0 saturated heterocycles. The number of methoxy groups -OCH3 is 1. The lowest BCUT2D eigenvalue weighted by atomic mass is 10.1. The van der Waals surface area contributed by atoms with Gasteiger partial charge in [0.25, 0.3) is 0 Å². The van der Waals surface area contributed by atoms with Crippen LogP contribution in [0.25, 0.3) is 0 Å². The zero-order chi connectivity index (χ0) is 14.5. The third-order valence-electron chi connectivity index (χ3n) is 2.94. The predicted octanol–water partition coefficient (Wildman–Crippen LogP) is 3.59. The van der Waals surface area contributed by atoms with Crippen LogP contribution >= 0.6 is 0 Å². The number of aryl methyl sites for hydroxylation is 1. The number of nitriles is 1. The fourth-order valence-electron chi connectivity index (χ4n) is 1.82. The molecule has 0 saturated carbocycles. The van der Waals surface area contributed by atoms with E-state index < -0.39 is 0 Å². The summed E-state index contributed by atoms with van der Waals surface area (Å²) in [6, 6.07) is 11.6. The molecule has 0 atom stereocenters. The number of hydrogen-bond donors (Lipinski definition) is 0. The van der Waals surface area contributed by atoms with Crippen LogP contribution in [0.15, 0.2) is 36.4 Å². The van der Waals surface area contributed by atoms with Crippen molar-refractivity contribution in [2.75, 3.05) is 7.11 Å². The quantitative estimate of drug-likeness (QED) is 0.853. The third-order valence-corrected chi connectivity index (χ3v) is 2.94. The Hall–Kier alpha value is -2.54. The minimum Gasteiger partial charge on any atom is -0.497 e. The smallest absolute Gasteiger partial charge is 0.124 e. The average molecular weight is 271 g/mol. The van der Waals surface area contributed by atoms with Crippen LogP contribution in [0.1, 0.15) is 16.7 Å². The summed E-state index contributed by atoms with van der Waals surface area (Å²) >= 11 is 0. The van der Waals surface area contributed by atoms with Crippen molar-refractivity contribution >= 4 is 0 Å². The lowest BCUT2D eigenvalue weighted by molar-refractivity contribution is 0.302. The zero-order valence-corrected chi connectivity index (χ0v) is 11.3. The summed E-state index contributed by atoms with van der Waals surface area (Å²) in [7, 11) is 1.53. The van der Waals surface area contributed by atoms with Crippen LogP contribution in [0.3, 0.4) is 0 Å². The van der Waals surface area contributed by atoms with Gasteiger partial charge in [0.2, 0.25) is 0 Å². The first-order valence-corrected chi connectivity index (χ1v) is 6.09. The number of rotatable bonds is 4. The van der Waals surface area contributed by atoms with Gasteiger partial charge in [0.15, 0.2) is 0 Å². The molecule has 0 aliphatic heterocycles. The summed E-state index contributed by atoms with van der Waals surface area (Å²) in [6.07, 6.45) is 0. The summed E-state index contributed by atoms with van der Waals surface area (Å²) in [5, 5.41) is 8.94. The molecule has 2 aromatic carbocycles. The molecule has 0 radical (unpaired) electrons. The normalized spacial score (nSPS) is 9.90. The molecule has 0 aliphatic rings. The van der Waals surface area contributed by atoms with Crippen LogP contribution in [-0.2, 0) is 6.61 Å². The van der Waals surface area contributed by atoms with Gasteiger partial charge in [-0.1, -0.05) is 6.07 Å². The summed E-state index contributed by atoms with van der Waals surface area (Å²) in [5.41, 5.74) is 2.19. The Morgan fingerprint density at radius 3 is 2.55 bits per heavy atom. The molecule has 2 aromatic rings. The number of benzene rings is 2. The van der Waals surface area contributed by atoms with Gasteiger partial charge in [0.1, 0.15) is 23.9 Å². The lowest BCUT2D eigenvalue weighted by Gasteiger charge is -2.10. The van der Waals surface area contributed by atoms with E-state index in [0.717, 1.165) is 11.1 Å². The molecule has 0 N–H and O–H groups in total. The fourth-order valence-corrected chi connectivity index (χ4v) is 1.82. The maximum absolute atomic E-state index is 13.0. The predicted molar refractivity (Wildman–Crippen MR) is 73.2 cm³/mol. The molecule has 102 valence electrons. The molecule has 0 unspecified atom stereocenters. The highest BCUT2D eigenvalue weighted by molar-refractivity contribution is 5.44. The van der Waals surface area contributed by atoms with E-state index in [1.165, 1.54) is 19.2 Å². The second-order valence-electron chi connectivity index (χ2n) is 4.37. The maximum atomic E-state index is 13.0. The van der Waals surface area contributed by atoms with Crippen LogP contribution in [0.2, 0.25) is 0 Å². The first kappa shape index (κ1) is 13.9. The second kappa shape index (κ2) is 6.07. The second-order valence-corrected chi connectivity index (χ2v) is 4.37. The van der Waals surface area contributed by atoms with Crippen LogP contribution in [-0.4, -0.2) is 7.11 Å². The van der Waals surface area contributed by atoms with Crippen molar-refractivity contribution in [1.29, 1.82) is 5.26 Å². The largest absolute Gasteiger partial charge is 0.497 e. The minimum atomic E-state index is -0.264. The van der Waals surface area contributed by atoms with E-state index in [1.54, 1.807) is 24.3 Å². The molecule has 2 rings (SSSR count). The van der Waals surface area contributed by atoms with E-state index in [1.807, 2.05) is 13.0 Å². The van der Waals surface area contributed by atoms with Gasteiger partial charge in [-0.15, -0.1) is 0 Å². The van der Waals surface area contributed by atoms with Gasteiger partial charge >= 0.3 is 0 Å². The number of nitrogens with zero attached hydrogens (tertiary/aromatic N) is 1. The van der Waals surface area contributed by atoms with Gasteiger partial charge in [-0.25, -0.2) is 4.39 Å². The van der Waals surface area contributed by atoms with E-state index >= 15 is 0 Å². The Labute approximate surface area is 117 Å². The van der Waals surface area contributed by atoms with E-state index in [4.69, 9.17) is 14.7 Å². The van der Waals surface area contributed by atoms with Crippen molar-refractivity contribution in [3.63, 3.8) is 0 Å². The molecule has 0 bridgehead atoms. The third kappa shape index (κ3) is 3.27. The molecule has 20 heavy (non-hydrogen) atoms. The SMILES string of the molecule is COc1cc(C#N)cc(OCc2ccc(F)cc2C)c1. The Morgan fingerprint density at radius 1 is 1.15 bits per heavy atom. The van der Waals surface area contributed by atoms with Crippen LogP contribution < -0.4 is 9.47 Å². The molecule has 0 spiro atoms. The molecule has 0 aliphatic carbocycles. The highest BCUT2D eigenvalue weighted by Gasteiger charge is 2.05. The van der Waals surface area contributed by atoms with Gasteiger partial charge in [-0.2, -0.15) is 5.26 Å². The lowest BCUT2D eigenvalue weighted by Crippen LogP contribution is -1.99. The molecule has 0 fully saturated rings. The van der Waals surface area contributed by atoms with Crippen molar-refractivity contribution < 1.29 is 13.9 Å². The van der Waals surface area contributed by atoms with Crippen LogP contribution in [0, 0.1) is 24.1 Å². The standard InChI is InChI=1S/C16H14FNO2/c1-11-5-14(17)4-3-13(11)10-20-16-7-12(9-18)6-15(8-16)19-2/h3-8H,10H2,1-2H3. The van der Waals surface area contributed by atoms with E-state index in [0.29, 0.717) is 23.7 Å². The van der Waals surface area contributed by atoms with Crippen molar-refractivity contribution in [3.8, 4) is 17.6 Å². The molecule has 0 amide bonds. The number of hydrogen-bond acceptors (Lipinski definition) is 3. The van der Waals surface area contributed by atoms with E-state index in [9.17, 15) is 4.39 Å². The van der Waals surface area contributed by atoms with Crippen LogP contribution in [0.4, 0.5) is 4.39 Å². The molecular weight excluding hydrogens is 257 g/mol. The van der Waals surface area contributed by atoms with Crippen molar-refractivity contribution in [1.82, 2.24) is 0 Å². The zero-order valence-electron chi connectivity index (χ0n) is 11.3. The first-order chi connectivity index (χ1) is 9.62. The van der Waals surface area contributed by atoms with Crippen molar-refractivity contribution in [2.24, 2.45) is 0 Å². The van der Waals surface area contributed by atoms with E-state index in [-0.39, 0.29) is 5.82 Å². The Kier molecular flexibility index (Phi) is 4.21. The van der Waals surface area contributed by atoms with Gasteiger partial charge in [-0.05, 0) is 42.3 Å². The van der Waals surface area contributed by atoms with Gasteiger partial charge in [-0.3, -0.25) is 0 Å². The van der Waals surface area contributed by atoms with Crippen LogP contribution in [0.5, 0.6) is 11.5 Å². The molecule has 0 heterocycles. The number of halogens is 1. The average Bonchev–Trinajstić information content (AvgIpc) is 2.46. The minimum absolute atomic E-state index is 0.264. The van der Waals surface area contributed by atoms with E-state index in [2.05, 4.69) is 0 Å². The van der Waals surface area contributed by atoms with Crippen molar-refractivity contribution in [2.45, 2.75) is 13.5 Å². The molecular formula is C16H14FNO2. The molecule has 0 aromatic heterocycles. The monoisotopic (exact) mass is 271 g/mol. The Morgan fingerprint density at radius 2 is 1.90 bits per heavy atom. The van der Waals surface area contributed by atoms with Gasteiger partial charge < -0.3 is 9.47 Å². The summed E-state index contributed by atoms with van der Waals surface area (Å²) in [4.78, 5) is 0. The van der Waals surface area contributed by atoms with Gasteiger partial charge in [0.05, 0.1) is 18.7 Å². The fraction of sp³-hybridized carbons (Fsp3) is 0.188. The van der Waals surface area contributed by atoms with Crippen molar-refractivity contribution in [3.05, 3.63) is 58.9 Å². The topological polar surface area (TPSA) is 42.2 Å². The van der Waals surface area contributed by atoms with Gasteiger partial charge in [0, 0.05) is 6.07 Å². The highest BCUT2D eigenvalue weighted by atomic mass is 19.1. The highest BCUT2D eigenvalue weighted by Crippen LogP contribution is 2.23. The number of ether oxygens (including phenoxy) is 2. The molecule has 3 nitrogen and oxygen atoms in total. The maximum Gasteiger partial charge on any atom is 0.124 e. The summed E-state index contributed by atoms with van der Waals surface area (Å²) in [5.74, 6) is 0.846.